The van der Waals surface area contributed by atoms with E-state index in [-0.39, 0.29) is 0 Å². The van der Waals surface area contributed by atoms with Gasteiger partial charge in [0.05, 0.1) is 9.75 Å². The Hall–Kier alpha value is -2.18. The Labute approximate surface area is 121 Å². The molecule has 0 unspecified atom stereocenters. The average molecular weight is 278 g/mol. The first-order valence-corrected chi connectivity index (χ1v) is 7.22. The SMILES string of the molecule is C=CC#CC#Cc1ccc(-c2ccc(C#CC)s2)s1. The van der Waals surface area contributed by atoms with Crippen molar-refractivity contribution < 1.29 is 0 Å². The van der Waals surface area contributed by atoms with Crippen LogP contribution in [0.3, 0.4) is 0 Å². The summed E-state index contributed by atoms with van der Waals surface area (Å²) in [6.45, 7) is 5.37. The summed E-state index contributed by atoms with van der Waals surface area (Å²) in [5.74, 6) is 17.2. The van der Waals surface area contributed by atoms with Crippen molar-refractivity contribution >= 4 is 22.7 Å². The van der Waals surface area contributed by atoms with E-state index in [1.165, 1.54) is 15.8 Å². The second kappa shape index (κ2) is 6.67. The van der Waals surface area contributed by atoms with Crippen LogP contribution in [0.15, 0.2) is 36.9 Å². The predicted molar refractivity (Wildman–Crippen MR) is 85.0 cm³/mol. The van der Waals surface area contributed by atoms with E-state index >= 15 is 0 Å². The topological polar surface area (TPSA) is 0 Å². The van der Waals surface area contributed by atoms with Crippen molar-refractivity contribution in [2.24, 2.45) is 0 Å². The van der Waals surface area contributed by atoms with Gasteiger partial charge in [0.15, 0.2) is 0 Å². The van der Waals surface area contributed by atoms with Crippen molar-refractivity contribution in [3.8, 4) is 45.3 Å². The summed E-state index contributed by atoms with van der Waals surface area (Å²) in [4.78, 5) is 4.56. The molecule has 0 fully saturated rings. The fourth-order valence-corrected chi connectivity index (χ4v) is 3.24. The molecule has 0 bridgehead atoms. The lowest BCUT2D eigenvalue weighted by Gasteiger charge is -1.86. The number of hydrogen-bond acceptors (Lipinski definition) is 2. The Bertz CT molecular complexity index is 768. The van der Waals surface area contributed by atoms with E-state index in [1.54, 1.807) is 22.7 Å². The first kappa shape index (κ1) is 13.3. The highest BCUT2D eigenvalue weighted by Crippen LogP contribution is 2.33. The molecule has 2 heterocycles. The quantitative estimate of drug-likeness (QED) is 0.679. The van der Waals surface area contributed by atoms with Gasteiger partial charge in [0.2, 0.25) is 0 Å². The second-order valence-electron chi connectivity index (χ2n) is 3.43. The van der Waals surface area contributed by atoms with E-state index in [0.29, 0.717) is 0 Å². The highest BCUT2D eigenvalue weighted by Gasteiger charge is 2.04. The molecule has 2 aromatic rings. The van der Waals surface area contributed by atoms with Gasteiger partial charge in [-0.1, -0.05) is 18.4 Å². The third-order valence-corrected chi connectivity index (χ3v) is 4.32. The molecule has 0 aromatic carbocycles. The normalized spacial score (nSPS) is 8.26. The van der Waals surface area contributed by atoms with Gasteiger partial charge in [-0.3, -0.25) is 0 Å². The number of hydrogen-bond donors (Lipinski definition) is 0. The lowest BCUT2D eigenvalue weighted by molar-refractivity contribution is 1.86. The van der Waals surface area contributed by atoms with Crippen LogP contribution in [0.25, 0.3) is 9.75 Å². The molecule has 2 rings (SSSR count). The minimum atomic E-state index is 1.02. The van der Waals surface area contributed by atoms with Crippen molar-refractivity contribution in [3.63, 3.8) is 0 Å². The van der Waals surface area contributed by atoms with Crippen LogP contribution in [0.4, 0.5) is 0 Å². The molecule has 2 aromatic heterocycles. The Balaban J connectivity index is 2.21. The first-order valence-electron chi connectivity index (χ1n) is 5.58. The fraction of sp³-hybridized carbons (Fsp3) is 0.0588. The van der Waals surface area contributed by atoms with Gasteiger partial charge in [0.25, 0.3) is 0 Å². The van der Waals surface area contributed by atoms with Crippen molar-refractivity contribution in [2.75, 3.05) is 0 Å². The van der Waals surface area contributed by atoms with Gasteiger partial charge in [-0.25, -0.2) is 0 Å². The molecule has 0 aliphatic rings. The number of rotatable bonds is 1. The van der Waals surface area contributed by atoms with Gasteiger partial charge >= 0.3 is 0 Å². The van der Waals surface area contributed by atoms with Gasteiger partial charge in [-0.05, 0) is 55.0 Å². The maximum absolute atomic E-state index is 3.52. The second-order valence-corrected chi connectivity index (χ2v) is 5.59. The largest absolute Gasteiger partial charge is 0.126 e. The van der Waals surface area contributed by atoms with Gasteiger partial charge < -0.3 is 0 Å². The third-order valence-electron chi connectivity index (χ3n) is 2.13. The van der Waals surface area contributed by atoms with Crippen molar-refractivity contribution in [1.29, 1.82) is 0 Å². The minimum Gasteiger partial charge on any atom is -0.126 e. The Morgan fingerprint density at radius 1 is 0.947 bits per heavy atom. The van der Waals surface area contributed by atoms with Crippen LogP contribution < -0.4 is 0 Å². The highest BCUT2D eigenvalue weighted by molar-refractivity contribution is 7.22. The molecule has 19 heavy (non-hydrogen) atoms. The zero-order chi connectivity index (χ0) is 13.5. The lowest BCUT2D eigenvalue weighted by Crippen LogP contribution is -1.58. The molecule has 2 heteroatoms. The summed E-state index contributed by atoms with van der Waals surface area (Å²) in [5, 5.41) is 0. The van der Waals surface area contributed by atoms with Crippen LogP contribution in [0.5, 0.6) is 0 Å². The van der Waals surface area contributed by atoms with Crippen LogP contribution in [0, 0.1) is 35.5 Å². The molecular weight excluding hydrogens is 268 g/mol. The molecule has 0 atom stereocenters. The van der Waals surface area contributed by atoms with Gasteiger partial charge in [0, 0.05) is 9.75 Å². The van der Waals surface area contributed by atoms with Gasteiger partial charge in [0.1, 0.15) is 0 Å². The van der Waals surface area contributed by atoms with Gasteiger partial charge in [-0.15, -0.1) is 28.6 Å². The van der Waals surface area contributed by atoms with E-state index in [1.807, 2.05) is 13.0 Å². The molecule has 0 saturated heterocycles. The summed E-state index contributed by atoms with van der Waals surface area (Å²) in [6.07, 6.45) is 1.54. The van der Waals surface area contributed by atoms with Crippen LogP contribution in [-0.4, -0.2) is 0 Å². The average Bonchev–Trinajstić information content (AvgIpc) is 3.04. The molecule has 0 saturated carbocycles. The molecule has 0 nitrogen and oxygen atoms in total. The van der Waals surface area contributed by atoms with Crippen LogP contribution in [-0.2, 0) is 0 Å². The highest BCUT2D eigenvalue weighted by atomic mass is 32.1. The maximum Gasteiger partial charge on any atom is 0.0785 e. The van der Waals surface area contributed by atoms with Crippen molar-refractivity contribution in [1.82, 2.24) is 0 Å². The molecule has 0 aliphatic heterocycles. The molecule has 90 valence electrons. The smallest absolute Gasteiger partial charge is 0.0785 e. The minimum absolute atomic E-state index is 1.02. The fourth-order valence-electron chi connectivity index (χ4n) is 1.38. The molecular formula is C17H10S2. The molecule has 0 radical (unpaired) electrons. The van der Waals surface area contributed by atoms with Crippen LogP contribution >= 0.6 is 22.7 Å². The molecule has 0 N–H and O–H groups in total. The van der Waals surface area contributed by atoms with Crippen LogP contribution in [0.2, 0.25) is 0 Å². The number of allylic oxidation sites excluding steroid dienone is 1. The van der Waals surface area contributed by atoms with E-state index in [0.717, 1.165) is 9.75 Å². The Morgan fingerprint density at radius 3 is 2.16 bits per heavy atom. The van der Waals surface area contributed by atoms with Crippen molar-refractivity contribution in [2.45, 2.75) is 6.92 Å². The van der Waals surface area contributed by atoms with Crippen molar-refractivity contribution in [3.05, 3.63) is 46.7 Å². The number of thiophene rings is 2. The summed E-state index contributed by atoms with van der Waals surface area (Å²) in [5.41, 5.74) is 0. The maximum atomic E-state index is 3.52. The van der Waals surface area contributed by atoms with Crippen LogP contribution in [0.1, 0.15) is 16.7 Å². The third kappa shape index (κ3) is 3.64. The lowest BCUT2D eigenvalue weighted by atomic mass is 10.3. The Morgan fingerprint density at radius 2 is 1.58 bits per heavy atom. The molecule has 0 spiro atoms. The molecule has 0 aliphatic carbocycles. The summed E-state index contributed by atoms with van der Waals surface area (Å²) in [7, 11) is 0. The summed E-state index contributed by atoms with van der Waals surface area (Å²) in [6, 6.07) is 8.26. The van der Waals surface area contributed by atoms with Gasteiger partial charge in [-0.2, -0.15) is 0 Å². The zero-order valence-electron chi connectivity index (χ0n) is 10.4. The molecule has 0 amide bonds. The van der Waals surface area contributed by atoms with E-state index < -0.39 is 0 Å². The predicted octanol–water partition coefficient (Wildman–Crippen LogP) is 4.39. The van der Waals surface area contributed by atoms with E-state index in [4.69, 9.17) is 0 Å². The Kier molecular flexibility index (Phi) is 4.66. The summed E-state index contributed by atoms with van der Waals surface area (Å²) < 4.78 is 0. The van der Waals surface area contributed by atoms with E-state index in [2.05, 4.69) is 60.3 Å². The monoisotopic (exact) mass is 278 g/mol. The summed E-state index contributed by atoms with van der Waals surface area (Å²) >= 11 is 3.37. The standard InChI is InChI=1S/C17H10S2/c1-3-5-6-7-9-15-11-13-17(19-15)16-12-10-14(18-16)8-4-2/h3,10-13H,1H2,2H3. The van der Waals surface area contributed by atoms with E-state index in [9.17, 15) is 0 Å². The first-order chi connectivity index (χ1) is 9.33. The zero-order valence-corrected chi connectivity index (χ0v) is 12.0.